The molecule has 1 fully saturated rings. The second kappa shape index (κ2) is 6.93. The SMILES string of the molecule is CCOC(=O)C1(NCC(C)C)CCC(C(C)(C)C)CC1. The zero-order valence-electron chi connectivity index (χ0n) is 14.2. The summed E-state index contributed by atoms with van der Waals surface area (Å²) in [5.41, 5.74) is -0.110. The Morgan fingerprint density at radius 2 is 1.85 bits per heavy atom. The molecule has 0 aromatic carbocycles. The third-order valence-electron chi connectivity index (χ3n) is 4.58. The van der Waals surface area contributed by atoms with Crippen molar-refractivity contribution in [3.8, 4) is 0 Å². The largest absolute Gasteiger partial charge is 0.465 e. The number of hydrogen-bond acceptors (Lipinski definition) is 3. The van der Waals surface area contributed by atoms with Gasteiger partial charge in [0.1, 0.15) is 5.54 Å². The molecule has 1 N–H and O–H groups in total. The van der Waals surface area contributed by atoms with Gasteiger partial charge in [0.2, 0.25) is 0 Å². The van der Waals surface area contributed by atoms with Crippen LogP contribution >= 0.6 is 0 Å². The Kier molecular flexibility index (Phi) is 6.06. The van der Waals surface area contributed by atoms with E-state index >= 15 is 0 Å². The summed E-state index contributed by atoms with van der Waals surface area (Å²) in [4.78, 5) is 12.4. The monoisotopic (exact) mass is 283 g/mol. The Morgan fingerprint density at radius 3 is 2.25 bits per heavy atom. The lowest BCUT2D eigenvalue weighted by atomic mass is 9.67. The summed E-state index contributed by atoms with van der Waals surface area (Å²) in [5, 5.41) is 3.52. The Balaban J connectivity index is 2.74. The lowest BCUT2D eigenvalue weighted by molar-refractivity contribution is -0.153. The van der Waals surface area contributed by atoms with Gasteiger partial charge in [0.15, 0.2) is 0 Å². The first-order chi connectivity index (χ1) is 9.21. The number of ether oxygens (including phenoxy) is 1. The van der Waals surface area contributed by atoms with Gasteiger partial charge in [0.05, 0.1) is 6.61 Å². The molecule has 0 spiro atoms. The van der Waals surface area contributed by atoms with E-state index in [0.29, 0.717) is 23.9 Å². The zero-order valence-corrected chi connectivity index (χ0v) is 14.2. The third kappa shape index (κ3) is 4.47. The summed E-state index contributed by atoms with van der Waals surface area (Å²) < 4.78 is 5.34. The summed E-state index contributed by atoms with van der Waals surface area (Å²) in [6, 6.07) is 0. The smallest absolute Gasteiger partial charge is 0.326 e. The molecule has 0 radical (unpaired) electrons. The van der Waals surface area contributed by atoms with Crippen molar-refractivity contribution < 1.29 is 9.53 Å². The highest BCUT2D eigenvalue weighted by atomic mass is 16.5. The van der Waals surface area contributed by atoms with Gasteiger partial charge < -0.3 is 10.1 Å². The van der Waals surface area contributed by atoms with Gasteiger partial charge in [0.25, 0.3) is 0 Å². The highest BCUT2D eigenvalue weighted by Crippen LogP contribution is 2.41. The second-order valence-corrected chi connectivity index (χ2v) is 7.72. The molecule has 0 aromatic heterocycles. The van der Waals surface area contributed by atoms with Crippen LogP contribution in [0.25, 0.3) is 0 Å². The van der Waals surface area contributed by atoms with E-state index in [1.807, 2.05) is 6.92 Å². The van der Waals surface area contributed by atoms with E-state index in [1.165, 1.54) is 0 Å². The van der Waals surface area contributed by atoms with Crippen molar-refractivity contribution in [2.75, 3.05) is 13.2 Å². The molecule has 0 saturated heterocycles. The maximum atomic E-state index is 12.4. The van der Waals surface area contributed by atoms with E-state index < -0.39 is 5.54 Å². The third-order valence-corrected chi connectivity index (χ3v) is 4.58. The average Bonchev–Trinajstić information content (AvgIpc) is 2.36. The molecule has 1 saturated carbocycles. The molecule has 20 heavy (non-hydrogen) atoms. The molecule has 1 aliphatic carbocycles. The Morgan fingerprint density at radius 1 is 1.30 bits per heavy atom. The summed E-state index contributed by atoms with van der Waals surface area (Å²) in [6.07, 6.45) is 4.02. The average molecular weight is 283 g/mol. The lowest BCUT2D eigenvalue weighted by Gasteiger charge is -2.43. The fraction of sp³-hybridized carbons (Fsp3) is 0.941. The summed E-state index contributed by atoms with van der Waals surface area (Å²) in [6.45, 7) is 14.5. The van der Waals surface area contributed by atoms with Gasteiger partial charge in [0, 0.05) is 0 Å². The first-order valence-corrected chi connectivity index (χ1v) is 8.13. The number of rotatable bonds is 5. The molecular weight excluding hydrogens is 250 g/mol. The van der Waals surface area contributed by atoms with Gasteiger partial charge >= 0.3 is 5.97 Å². The van der Waals surface area contributed by atoms with Gasteiger partial charge in [-0.3, -0.25) is 4.79 Å². The van der Waals surface area contributed by atoms with Gasteiger partial charge in [-0.25, -0.2) is 0 Å². The van der Waals surface area contributed by atoms with Crippen LogP contribution in [0.15, 0.2) is 0 Å². The summed E-state index contributed by atoms with van der Waals surface area (Å²) in [7, 11) is 0. The minimum absolute atomic E-state index is 0.0481. The molecule has 118 valence electrons. The predicted molar refractivity (Wildman–Crippen MR) is 83.6 cm³/mol. The first kappa shape index (κ1) is 17.5. The molecule has 0 heterocycles. The quantitative estimate of drug-likeness (QED) is 0.781. The maximum absolute atomic E-state index is 12.4. The minimum atomic E-state index is -0.442. The normalized spacial score (nSPS) is 27.6. The van der Waals surface area contributed by atoms with E-state index in [9.17, 15) is 4.79 Å². The van der Waals surface area contributed by atoms with Crippen LogP contribution in [-0.4, -0.2) is 24.7 Å². The molecule has 3 heteroatoms. The van der Waals surface area contributed by atoms with Crippen LogP contribution in [-0.2, 0) is 9.53 Å². The molecule has 1 rings (SSSR count). The molecule has 3 nitrogen and oxygen atoms in total. The molecule has 0 aliphatic heterocycles. The van der Waals surface area contributed by atoms with Crippen LogP contribution < -0.4 is 5.32 Å². The zero-order chi connectivity index (χ0) is 15.4. The van der Waals surface area contributed by atoms with E-state index in [-0.39, 0.29) is 5.97 Å². The van der Waals surface area contributed by atoms with Gasteiger partial charge in [-0.05, 0) is 56.4 Å². The highest BCUT2D eigenvalue weighted by Gasteiger charge is 2.44. The standard InChI is InChI=1S/C17H33NO2/c1-7-20-15(19)17(18-12-13(2)3)10-8-14(9-11-17)16(4,5)6/h13-14,18H,7-12H2,1-6H3. The van der Waals surface area contributed by atoms with E-state index in [4.69, 9.17) is 4.74 Å². The van der Waals surface area contributed by atoms with Crippen molar-refractivity contribution >= 4 is 5.97 Å². The first-order valence-electron chi connectivity index (χ1n) is 8.13. The van der Waals surface area contributed by atoms with Crippen LogP contribution in [0.5, 0.6) is 0 Å². The number of nitrogens with one attached hydrogen (secondary N) is 1. The van der Waals surface area contributed by atoms with Crippen molar-refractivity contribution in [1.29, 1.82) is 0 Å². The lowest BCUT2D eigenvalue weighted by Crippen LogP contribution is -2.56. The summed E-state index contributed by atoms with van der Waals surface area (Å²) in [5.74, 6) is 1.19. The minimum Gasteiger partial charge on any atom is -0.465 e. The number of esters is 1. The van der Waals surface area contributed by atoms with Crippen molar-refractivity contribution in [2.45, 2.75) is 72.8 Å². The number of carbonyl (C=O) groups excluding carboxylic acids is 1. The van der Waals surface area contributed by atoms with Crippen molar-refractivity contribution in [1.82, 2.24) is 5.32 Å². The Hall–Kier alpha value is -0.570. The molecule has 0 bridgehead atoms. The maximum Gasteiger partial charge on any atom is 0.326 e. The van der Waals surface area contributed by atoms with Crippen molar-refractivity contribution in [2.24, 2.45) is 17.3 Å². The molecule has 0 aromatic rings. The van der Waals surface area contributed by atoms with Crippen LogP contribution in [0, 0.1) is 17.3 Å². The van der Waals surface area contributed by atoms with Crippen LogP contribution in [0.2, 0.25) is 0 Å². The molecule has 1 aliphatic rings. The molecular formula is C17H33NO2. The fourth-order valence-corrected chi connectivity index (χ4v) is 3.10. The van der Waals surface area contributed by atoms with E-state index in [0.717, 1.165) is 32.2 Å². The summed E-state index contributed by atoms with van der Waals surface area (Å²) >= 11 is 0. The van der Waals surface area contributed by atoms with Crippen LogP contribution in [0.3, 0.4) is 0 Å². The van der Waals surface area contributed by atoms with Crippen LogP contribution in [0.1, 0.15) is 67.2 Å². The topological polar surface area (TPSA) is 38.3 Å². The molecule has 0 amide bonds. The van der Waals surface area contributed by atoms with E-state index in [2.05, 4.69) is 39.9 Å². The van der Waals surface area contributed by atoms with Gasteiger partial charge in [-0.1, -0.05) is 34.6 Å². The van der Waals surface area contributed by atoms with Crippen LogP contribution in [0.4, 0.5) is 0 Å². The van der Waals surface area contributed by atoms with E-state index in [1.54, 1.807) is 0 Å². The Labute approximate surface area is 124 Å². The highest BCUT2D eigenvalue weighted by molar-refractivity contribution is 5.81. The van der Waals surface area contributed by atoms with Gasteiger partial charge in [-0.2, -0.15) is 0 Å². The van der Waals surface area contributed by atoms with Crippen molar-refractivity contribution in [3.63, 3.8) is 0 Å². The second-order valence-electron chi connectivity index (χ2n) is 7.72. The fourth-order valence-electron chi connectivity index (χ4n) is 3.10. The predicted octanol–water partition coefficient (Wildman–Crippen LogP) is 3.77. The molecule has 0 atom stereocenters. The van der Waals surface area contributed by atoms with Gasteiger partial charge in [-0.15, -0.1) is 0 Å². The Bertz CT molecular complexity index is 309. The molecule has 0 unspecified atom stereocenters. The van der Waals surface area contributed by atoms with Crippen molar-refractivity contribution in [3.05, 3.63) is 0 Å². The number of hydrogen-bond donors (Lipinski definition) is 1. The number of carbonyl (C=O) groups is 1.